The van der Waals surface area contributed by atoms with Crippen LogP contribution in [-0.2, 0) is 15.7 Å². The molecule has 0 aliphatic carbocycles. The van der Waals surface area contributed by atoms with Crippen LogP contribution < -0.4 is 10.4 Å². The lowest BCUT2D eigenvalue weighted by atomic mass is 10.1. The number of carbonyl (C=O) groups is 1. The Morgan fingerprint density at radius 2 is 1.73 bits per heavy atom. The topological polar surface area (TPSA) is 65.7 Å². The van der Waals surface area contributed by atoms with Crippen molar-refractivity contribution in [2.24, 2.45) is 0 Å². The number of rotatable bonds is 11. The van der Waals surface area contributed by atoms with Crippen molar-refractivity contribution in [3.63, 3.8) is 0 Å². The number of benzene rings is 1. The van der Waals surface area contributed by atoms with Crippen molar-refractivity contribution in [2.45, 2.75) is 51.6 Å². The van der Waals surface area contributed by atoms with Crippen LogP contribution in [0.1, 0.15) is 49.7 Å². The molecule has 0 atom stereocenters. The molecule has 5 nitrogen and oxygen atoms in total. The number of unbranched alkanes of at least 4 members (excludes halogenated alkanes) is 5. The molecule has 0 amide bonds. The van der Waals surface area contributed by atoms with Crippen molar-refractivity contribution in [1.29, 1.82) is 0 Å². The molecule has 0 spiro atoms. The van der Waals surface area contributed by atoms with Gasteiger partial charge in [0.2, 0.25) is 0 Å². The lowest BCUT2D eigenvalue weighted by Crippen LogP contribution is -2.20. The zero-order valence-corrected chi connectivity index (χ0v) is 16.8. The first kappa shape index (κ1) is 23.5. The molecule has 1 aromatic heterocycles. The number of hydrogen-bond donors (Lipinski definition) is 0. The third kappa shape index (κ3) is 6.64. The van der Waals surface area contributed by atoms with E-state index in [0.717, 1.165) is 44.6 Å². The van der Waals surface area contributed by atoms with Crippen LogP contribution >= 0.6 is 0 Å². The van der Waals surface area contributed by atoms with Crippen LogP contribution in [0.5, 0.6) is 5.75 Å². The van der Waals surface area contributed by atoms with Crippen LogP contribution in [0, 0.1) is 6.92 Å². The predicted octanol–water partition coefficient (Wildman–Crippen LogP) is 5.57. The highest BCUT2D eigenvalue weighted by Crippen LogP contribution is 2.33. The maximum absolute atomic E-state index is 13.0. The molecule has 2 rings (SSSR count). The Morgan fingerprint density at radius 3 is 2.37 bits per heavy atom. The number of carbonyl (C=O) groups excluding carboxylic acids is 1. The minimum Gasteiger partial charge on any atom is -0.493 e. The van der Waals surface area contributed by atoms with E-state index >= 15 is 0 Å². The van der Waals surface area contributed by atoms with Crippen LogP contribution in [-0.4, -0.2) is 19.2 Å². The number of hydrogen-bond acceptors (Lipinski definition) is 5. The summed E-state index contributed by atoms with van der Waals surface area (Å²) < 4.78 is 54.4. The van der Waals surface area contributed by atoms with Crippen molar-refractivity contribution < 1.29 is 31.9 Å². The largest absolute Gasteiger partial charge is 0.493 e. The van der Waals surface area contributed by atoms with Crippen LogP contribution in [0.2, 0.25) is 0 Å². The fraction of sp³-hybridized carbons (Fsp3) is 0.455. The average Bonchev–Trinajstić information content (AvgIpc) is 2.67. The predicted molar refractivity (Wildman–Crippen MR) is 107 cm³/mol. The zero-order valence-electron chi connectivity index (χ0n) is 16.8. The Kier molecular flexibility index (Phi) is 8.50. The van der Waals surface area contributed by atoms with Crippen LogP contribution in [0.4, 0.5) is 13.2 Å². The number of aryl methyl sites for hydroxylation is 1. The van der Waals surface area contributed by atoms with Crippen molar-refractivity contribution >= 4 is 16.9 Å². The summed E-state index contributed by atoms with van der Waals surface area (Å²) in [6, 6.07) is 4.48. The van der Waals surface area contributed by atoms with Gasteiger partial charge in [0.15, 0.2) is 0 Å². The third-order valence-electron chi connectivity index (χ3n) is 4.64. The highest BCUT2D eigenvalue weighted by Gasteiger charge is 2.37. The van der Waals surface area contributed by atoms with E-state index < -0.39 is 23.3 Å². The van der Waals surface area contributed by atoms with Gasteiger partial charge in [-0.15, -0.1) is 0 Å². The Balaban J connectivity index is 1.76. The normalized spacial score (nSPS) is 11.5. The molecule has 8 heteroatoms. The molecule has 0 unspecified atom stereocenters. The van der Waals surface area contributed by atoms with Crippen LogP contribution in [0.3, 0.4) is 0 Å². The summed E-state index contributed by atoms with van der Waals surface area (Å²) in [6.07, 6.45) is 1.98. The van der Waals surface area contributed by atoms with Gasteiger partial charge in [-0.1, -0.05) is 32.3 Å². The molecular weight excluding hydrogens is 401 g/mol. The second-order valence-corrected chi connectivity index (χ2v) is 6.89. The van der Waals surface area contributed by atoms with Crippen molar-refractivity contribution in [2.75, 3.05) is 13.2 Å². The van der Waals surface area contributed by atoms with Gasteiger partial charge in [-0.05, 0) is 37.5 Å². The number of fused-ring (bicyclic) bond motifs is 1. The summed E-state index contributed by atoms with van der Waals surface area (Å²) in [6.45, 7) is 5.43. The van der Waals surface area contributed by atoms with E-state index in [0.29, 0.717) is 19.0 Å². The molecule has 30 heavy (non-hydrogen) atoms. The molecule has 0 bridgehead atoms. The second-order valence-electron chi connectivity index (χ2n) is 6.89. The zero-order chi connectivity index (χ0) is 22.1. The molecule has 164 valence electrons. The summed E-state index contributed by atoms with van der Waals surface area (Å²) in [5, 5.41) is 0.230. The quantitative estimate of drug-likeness (QED) is 0.203. The molecule has 0 N–H and O–H groups in total. The van der Waals surface area contributed by atoms with Crippen molar-refractivity contribution in [3.8, 4) is 5.75 Å². The molecule has 2 aromatic rings. The lowest BCUT2D eigenvalue weighted by Gasteiger charge is -2.12. The van der Waals surface area contributed by atoms with Gasteiger partial charge in [0.25, 0.3) is 0 Å². The molecule has 0 saturated heterocycles. The fourth-order valence-electron chi connectivity index (χ4n) is 3.09. The van der Waals surface area contributed by atoms with E-state index in [9.17, 15) is 22.8 Å². The minimum atomic E-state index is -4.76. The third-order valence-corrected chi connectivity index (χ3v) is 4.64. The summed E-state index contributed by atoms with van der Waals surface area (Å²) in [7, 11) is 0. The van der Waals surface area contributed by atoms with Crippen LogP contribution in [0.25, 0.3) is 11.0 Å². The standard InChI is InChI=1S/C22H25F3O5/c1-3-19(26)29-13-9-7-5-4-6-8-12-28-16-10-11-17-15(2)20(22(23,24)25)21(27)30-18(17)14-16/h3,10-11,14H,1,4-9,12-13H2,2H3. The SMILES string of the molecule is C=CC(=O)OCCCCCCCCOc1ccc2c(C)c(C(F)(F)F)c(=O)oc2c1. The van der Waals surface area contributed by atoms with Crippen molar-refractivity contribution in [3.05, 3.63) is 52.4 Å². The smallest absolute Gasteiger partial charge is 0.423 e. The Morgan fingerprint density at radius 1 is 1.10 bits per heavy atom. The van der Waals surface area contributed by atoms with E-state index in [-0.39, 0.29) is 16.5 Å². The number of alkyl halides is 3. The highest BCUT2D eigenvalue weighted by atomic mass is 19.4. The molecule has 1 aromatic carbocycles. The second kappa shape index (κ2) is 10.8. The van der Waals surface area contributed by atoms with E-state index in [1.807, 2.05) is 0 Å². The fourth-order valence-corrected chi connectivity index (χ4v) is 3.09. The molecule has 0 radical (unpaired) electrons. The van der Waals surface area contributed by atoms with Crippen LogP contribution in [0.15, 0.2) is 40.1 Å². The lowest BCUT2D eigenvalue weighted by molar-refractivity contribution is -0.140. The minimum absolute atomic E-state index is 0.0696. The van der Waals surface area contributed by atoms with Gasteiger partial charge in [-0.25, -0.2) is 9.59 Å². The van der Waals surface area contributed by atoms with E-state index in [2.05, 4.69) is 6.58 Å². The Bertz CT molecular complexity index is 931. The summed E-state index contributed by atoms with van der Waals surface area (Å²) in [5.41, 5.74) is -2.76. The first-order chi connectivity index (χ1) is 14.2. The maximum Gasteiger partial charge on any atom is 0.423 e. The molecule has 1 heterocycles. The summed E-state index contributed by atoms with van der Waals surface area (Å²) >= 11 is 0. The van der Waals surface area contributed by atoms with Gasteiger partial charge in [0.1, 0.15) is 16.9 Å². The first-order valence-electron chi connectivity index (χ1n) is 9.80. The number of esters is 1. The van der Waals surface area contributed by atoms with Gasteiger partial charge in [-0.2, -0.15) is 13.2 Å². The molecule has 0 aliphatic rings. The van der Waals surface area contributed by atoms with Gasteiger partial charge in [0.05, 0.1) is 13.2 Å². The highest BCUT2D eigenvalue weighted by molar-refractivity contribution is 5.82. The molecular formula is C22H25F3O5. The summed E-state index contributed by atoms with van der Waals surface area (Å²) in [5.74, 6) is 0.0323. The average molecular weight is 426 g/mol. The van der Waals surface area contributed by atoms with E-state index in [1.54, 1.807) is 6.07 Å². The Labute approximate surface area is 172 Å². The number of halogens is 3. The van der Waals surface area contributed by atoms with Gasteiger partial charge in [0, 0.05) is 17.5 Å². The van der Waals surface area contributed by atoms with Crippen molar-refractivity contribution in [1.82, 2.24) is 0 Å². The first-order valence-corrected chi connectivity index (χ1v) is 9.80. The van der Waals surface area contributed by atoms with Gasteiger partial charge >= 0.3 is 17.8 Å². The molecule has 0 aliphatic heterocycles. The molecule has 0 saturated carbocycles. The monoisotopic (exact) mass is 426 g/mol. The van der Waals surface area contributed by atoms with Gasteiger partial charge in [-0.3, -0.25) is 0 Å². The van der Waals surface area contributed by atoms with E-state index in [1.165, 1.54) is 19.1 Å². The molecule has 0 fully saturated rings. The maximum atomic E-state index is 13.0. The Hall–Kier alpha value is -2.77. The summed E-state index contributed by atoms with van der Waals surface area (Å²) in [4.78, 5) is 22.6. The van der Waals surface area contributed by atoms with E-state index in [4.69, 9.17) is 13.9 Å². The number of ether oxygens (including phenoxy) is 2. The van der Waals surface area contributed by atoms with Gasteiger partial charge < -0.3 is 13.9 Å².